The number of nitrogens with zero attached hydrogens (tertiary/aromatic N) is 1. The molecule has 2 nitrogen and oxygen atoms in total. The average Bonchev–Trinajstić information content (AvgIpc) is 2.40. The summed E-state index contributed by atoms with van der Waals surface area (Å²) in [5.74, 6) is 3.71. The van der Waals surface area contributed by atoms with Gasteiger partial charge in [0.1, 0.15) is 0 Å². The molecular formula is C15H26N2. The summed E-state index contributed by atoms with van der Waals surface area (Å²) in [5.41, 5.74) is 0. The Kier molecular flexibility index (Phi) is 4.88. The van der Waals surface area contributed by atoms with Gasteiger partial charge in [-0.15, -0.1) is 6.42 Å². The molecule has 17 heavy (non-hydrogen) atoms. The van der Waals surface area contributed by atoms with Gasteiger partial charge in [-0.1, -0.05) is 32.1 Å². The molecule has 2 fully saturated rings. The van der Waals surface area contributed by atoms with E-state index in [0.717, 1.165) is 25.6 Å². The van der Waals surface area contributed by atoms with E-state index < -0.39 is 0 Å². The lowest BCUT2D eigenvalue weighted by molar-refractivity contribution is 0.106. The third-order valence-corrected chi connectivity index (χ3v) is 4.55. The second kappa shape index (κ2) is 6.42. The highest BCUT2D eigenvalue weighted by Gasteiger charge is 2.31. The summed E-state index contributed by atoms with van der Waals surface area (Å²) in [6, 6.07) is 1.33. The van der Waals surface area contributed by atoms with Gasteiger partial charge < -0.3 is 5.32 Å². The topological polar surface area (TPSA) is 15.3 Å². The maximum Gasteiger partial charge on any atom is 0.0602 e. The van der Waals surface area contributed by atoms with Crippen molar-refractivity contribution in [2.75, 3.05) is 19.6 Å². The van der Waals surface area contributed by atoms with E-state index in [1.165, 1.54) is 38.5 Å². The van der Waals surface area contributed by atoms with Crippen LogP contribution in [0.1, 0.15) is 45.4 Å². The van der Waals surface area contributed by atoms with Gasteiger partial charge in [-0.05, 0) is 25.2 Å². The molecule has 0 spiro atoms. The maximum atomic E-state index is 5.49. The van der Waals surface area contributed by atoms with E-state index in [1.54, 1.807) is 0 Å². The molecule has 0 aromatic heterocycles. The highest BCUT2D eigenvalue weighted by molar-refractivity contribution is 4.96. The minimum atomic E-state index is 0.644. The predicted octanol–water partition coefficient (Wildman–Crippen LogP) is 2.25. The van der Waals surface area contributed by atoms with Crippen molar-refractivity contribution >= 4 is 0 Å². The number of piperazine rings is 1. The second-order valence-electron chi connectivity index (χ2n) is 5.61. The SMILES string of the molecule is C#CCN1CC(C2CCCCC2)NCC1CC. The summed E-state index contributed by atoms with van der Waals surface area (Å²) in [6.07, 6.45) is 13.8. The van der Waals surface area contributed by atoms with Crippen LogP contribution in [0.4, 0.5) is 0 Å². The summed E-state index contributed by atoms with van der Waals surface area (Å²) in [7, 11) is 0. The van der Waals surface area contributed by atoms with Gasteiger partial charge in [-0.3, -0.25) is 4.90 Å². The number of nitrogens with one attached hydrogen (secondary N) is 1. The zero-order valence-electron chi connectivity index (χ0n) is 11.1. The first-order chi connectivity index (χ1) is 8.35. The van der Waals surface area contributed by atoms with Crippen LogP contribution in [-0.4, -0.2) is 36.6 Å². The lowest BCUT2D eigenvalue weighted by atomic mass is 9.82. The molecule has 1 aliphatic heterocycles. The van der Waals surface area contributed by atoms with E-state index in [-0.39, 0.29) is 0 Å². The van der Waals surface area contributed by atoms with Gasteiger partial charge in [0, 0.05) is 25.2 Å². The fraction of sp³-hybridized carbons (Fsp3) is 0.867. The van der Waals surface area contributed by atoms with Crippen LogP contribution in [0.3, 0.4) is 0 Å². The summed E-state index contributed by atoms with van der Waals surface area (Å²) >= 11 is 0. The molecule has 1 aliphatic carbocycles. The lowest BCUT2D eigenvalue weighted by Gasteiger charge is -2.43. The first-order valence-electron chi connectivity index (χ1n) is 7.26. The van der Waals surface area contributed by atoms with Crippen LogP contribution in [0.5, 0.6) is 0 Å². The minimum Gasteiger partial charge on any atom is -0.311 e. The number of hydrogen-bond donors (Lipinski definition) is 1. The number of hydrogen-bond acceptors (Lipinski definition) is 2. The van der Waals surface area contributed by atoms with Gasteiger partial charge in [0.25, 0.3) is 0 Å². The molecule has 2 rings (SSSR count). The van der Waals surface area contributed by atoms with Crippen LogP contribution in [0.25, 0.3) is 0 Å². The van der Waals surface area contributed by atoms with Crippen molar-refractivity contribution in [3.05, 3.63) is 0 Å². The van der Waals surface area contributed by atoms with Crippen molar-refractivity contribution in [3.8, 4) is 12.3 Å². The third kappa shape index (κ3) is 3.24. The van der Waals surface area contributed by atoms with Gasteiger partial charge in [-0.2, -0.15) is 0 Å². The molecule has 1 N–H and O–H groups in total. The zero-order valence-corrected chi connectivity index (χ0v) is 11.1. The summed E-state index contributed by atoms with van der Waals surface area (Å²) in [6.45, 7) is 5.37. The monoisotopic (exact) mass is 234 g/mol. The van der Waals surface area contributed by atoms with E-state index in [4.69, 9.17) is 6.42 Å². The quantitative estimate of drug-likeness (QED) is 0.754. The molecule has 1 saturated heterocycles. The molecule has 2 aliphatic rings. The molecule has 2 heteroatoms. The summed E-state index contributed by atoms with van der Waals surface area (Å²) in [4.78, 5) is 2.51. The standard InChI is InChI=1S/C15H26N2/c1-3-10-17-12-15(16-11-14(17)4-2)13-8-6-5-7-9-13/h1,13-16H,4-12H2,2H3. The largest absolute Gasteiger partial charge is 0.311 e. The molecule has 0 aromatic carbocycles. The Balaban J connectivity index is 1.90. The van der Waals surface area contributed by atoms with E-state index >= 15 is 0 Å². The lowest BCUT2D eigenvalue weighted by Crippen LogP contribution is -2.58. The van der Waals surface area contributed by atoms with Gasteiger partial charge in [-0.25, -0.2) is 0 Å². The van der Waals surface area contributed by atoms with Crippen LogP contribution in [0, 0.1) is 18.3 Å². The molecular weight excluding hydrogens is 208 g/mol. The van der Waals surface area contributed by atoms with E-state index in [0.29, 0.717) is 12.1 Å². The Morgan fingerprint density at radius 1 is 1.29 bits per heavy atom. The Morgan fingerprint density at radius 3 is 2.71 bits per heavy atom. The molecule has 96 valence electrons. The molecule has 0 bridgehead atoms. The van der Waals surface area contributed by atoms with Crippen LogP contribution < -0.4 is 5.32 Å². The van der Waals surface area contributed by atoms with Crippen molar-refractivity contribution in [1.29, 1.82) is 0 Å². The molecule has 0 amide bonds. The Morgan fingerprint density at radius 2 is 2.06 bits per heavy atom. The number of terminal acetylenes is 1. The first kappa shape index (κ1) is 12.9. The van der Waals surface area contributed by atoms with Crippen molar-refractivity contribution in [2.24, 2.45) is 5.92 Å². The fourth-order valence-electron chi connectivity index (χ4n) is 3.45. The molecule has 1 heterocycles. The third-order valence-electron chi connectivity index (χ3n) is 4.55. The smallest absolute Gasteiger partial charge is 0.0602 e. The van der Waals surface area contributed by atoms with Crippen LogP contribution >= 0.6 is 0 Å². The van der Waals surface area contributed by atoms with Crippen molar-refractivity contribution < 1.29 is 0 Å². The second-order valence-corrected chi connectivity index (χ2v) is 5.61. The van der Waals surface area contributed by atoms with Crippen LogP contribution in [0.15, 0.2) is 0 Å². The van der Waals surface area contributed by atoms with Gasteiger partial charge in [0.05, 0.1) is 6.54 Å². The van der Waals surface area contributed by atoms with Gasteiger partial charge >= 0.3 is 0 Å². The van der Waals surface area contributed by atoms with E-state index in [1.807, 2.05) is 0 Å². The minimum absolute atomic E-state index is 0.644. The van der Waals surface area contributed by atoms with Gasteiger partial charge in [0.2, 0.25) is 0 Å². The van der Waals surface area contributed by atoms with Crippen LogP contribution in [-0.2, 0) is 0 Å². The molecule has 1 saturated carbocycles. The number of rotatable bonds is 3. The highest BCUT2D eigenvalue weighted by atomic mass is 15.2. The van der Waals surface area contributed by atoms with Crippen LogP contribution in [0.2, 0.25) is 0 Å². The normalized spacial score (nSPS) is 32.2. The molecule has 0 radical (unpaired) electrons. The van der Waals surface area contributed by atoms with Gasteiger partial charge in [0.15, 0.2) is 0 Å². The summed E-state index contributed by atoms with van der Waals surface area (Å²) in [5, 5.41) is 3.77. The average molecular weight is 234 g/mol. The Bertz CT molecular complexity index is 263. The van der Waals surface area contributed by atoms with Crippen molar-refractivity contribution in [3.63, 3.8) is 0 Å². The Labute approximate surface area is 106 Å². The first-order valence-corrected chi connectivity index (χ1v) is 7.26. The Hall–Kier alpha value is -0.520. The molecule has 0 aromatic rings. The highest BCUT2D eigenvalue weighted by Crippen LogP contribution is 2.28. The van der Waals surface area contributed by atoms with Crippen molar-refractivity contribution in [2.45, 2.75) is 57.5 Å². The maximum absolute atomic E-state index is 5.49. The van der Waals surface area contributed by atoms with E-state index in [9.17, 15) is 0 Å². The van der Waals surface area contributed by atoms with Crippen molar-refractivity contribution in [1.82, 2.24) is 10.2 Å². The molecule has 2 atom stereocenters. The molecule has 2 unspecified atom stereocenters. The fourth-order valence-corrected chi connectivity index (χ4v) is 3.45. The predicted molar refractivity (Wildman–Crippen MR) is 72.9 cm³/mol. The summed E-state index contributed by atoms with van der Waals surface area (Å²) < 4.78 is 0. The zero-order chi connectivity index (χ0) is 12.1. The van der Waals surface area contributed by atoms with E-state index in [2.05, 4.69) is 23.1 Å².